The summed E-state index contributed by atoms with van der Waals surface area (Å²) in [6.45, 7) is 9.26. The van der Waals surface area contributed by atoms with E-state index in [4.69, 9.17) is 28.8 Å². The molecule has 4 heterocycles. The zero-order valence-corrected chi connectivity index (χ0v) is 70.3. The minimum absolute atomic E-state index is 0.00769. The maximum Gasteiger partial charge on any atom is 0.245 e. The van der Waals surface area contributed by atoms with Gasteiger partial charge in [-0.05, 0) is 139 Å². The Hall–Kier alpha value is -13.7. The standard InChI is InChI=1S/C84H108ClN25O14/c1-46(2)35-61(72(116)97-60(16-9-10-33-90-47(3)4)80(124)110-34-12-17-68(110)79(123)93-48(5)71(86)115)98-74(118)64(38-51-21-28-58(29-22-51)95-69(113)43-91-83-104-81(87)106-108-83)100-76(120)65(39-52-23-30-59(31-24-52)96-70(114)44-92-84-105-82(88)107-109-84)102-78(122)67(45-111)103-77(121)66(41-54-13-11-32-89-42-54)101-75(119)63(37-50-19-26-57(85)27-20-50)99-73(117)62(94-49(6)112)40-53-18-25-55-14-7-8-15-56(55)36-53/h7-8,11,13-15,18-32,36,42,46-48,60-68,90,111H,9-10,12,16-17,33-35,37-41,43-45H2,1-6H3,(H2,86,115)(H,93,123)(H,94,112)(H,95,113)(H,96,114)(H,97,116)(H,98,118)(H,99,117)(H,100,120)(H,101,119)(H,102,122)(H,103,121)(H4,87,91,104,106,108)(H4,88,92,105,107,109)/t48-,60+,61+,62-,63-,64-,65+,66-,67+,68+/m1/s1. The van der Waals surface area contributed by atoms with Crippen LogP contribution in [0, 0.1) is 5.92 Å². The number of nitrogens with one attached hydrogen (secondary N) is 16. The second kappa shape index (κ2) is 46.4. The maximum atomic E-state index is 15.6. The van der Waals surface area contributed by atoms with E-state index in [0.717, 1.165) is 10.8 Å². The minimum Gasteiger partial charge on any atom is -0.394 e. The lowest BCUT2D eigenvalue weighted by Gasteiger charge is -2.31. The van der Waals surface area contributed by atoms with Crippen LogP contribution in [0.4, 0.5) is 35.2 Å². The highest BCUT2D eigenvalue weighted by molar-refractivity contribution is 6.30. The van der Waals surface area contributed by atoms with Crippen molar-refractivity contribution in [3.05, 3.63) is 173 Å². The third kappa shape index (κ3) is 29.9. The molecule has 3 aromatic heterocycles. The van der Waals surface area contributed by atoms with Crippen LogP contribution in [-0.4, -0.2) is 221 Å². The lowest BCUT2D eigenvalue weighted by atomic mass is 9.99. The predicted octanol–water partition coefficient (Wildman–Crippen LogP) is 0.989. The van der Waals surface area contributed by atoms with Crippen LogP contribution in [0.3, 0.4) is 0 Å². The molecule has 9 rings (SSSR count). The number of halogens is 1. The molecule has 5 aromatic carbocycles. The molecule has 660 valence electrons. The summed E-state index contributed by atoms with van der Waals surface area (Å²) < 4.78 is 0. The van der Waals surface area contributed by atoms with Gasteiger partial charge >= 0.3 is 0 Å². The van der Waals surface area contributed by atoms with Crippen molar-refractivity contribution in [3.63, 3.8) is 0 Å². The number of nitrogen functional groups attached to an aromatic ring is 2. The molecule has 40 heteroatoms. The smallest absolute Gasteiger partial charge is 0.245 e. The number of likely N-dealkylation sites (tertiary alicyclic amines) is 1. The van der Waals surface area contributed by atoms with Gasteiger partial charge in [0.1, 0.15) is 60.4 Å². The van der Waals surface area contributed by atoms with E-state index >= 15 is 28.8 Å². The van der Waals surface area contributed by atoms with E-state index in [9.17, 15) is 38.7 Å². The Balaban J connectivity index is 1.02. The number of aromatic nitrogens is 7. The minimum atomic E-state index is -1.91. The van der Waals surface area contributed by atoms with Gasteiger partial charge in [0.2, 0.25) is 101 Å². The number of benzene rings is 5. The molecule has 1 fully saturated rings. The second-order valence-electron chi connectivity index (χ2n) is 30.9. The number of H-pyrrole nitrogens is 2. The average Bonchev–Trinajstić information content (AvgIpc) is 1.53. The number of aliphatic hydroxyl groups excluding tert-OH is 1. The number of fused-ring (bicyclic) bond motifs is 1. The molecule has 0 radical (unpaired) electrons. The number of carbonyl (C=O) groups excluding carboxylic acids is 13. The number of nitrogens with zero attached hydrogens (tertiary/aromatic N) is 6. The van der Waals surface area contributed by atoms with Crippen LogP contribution in [0.5, 0.6) is 0 Å². The Morgan fingerprint density at radius 2 is 0.968 bits per heavy atom. The van der Waals surface area contributed by atoms with Gasteiger partial charge in [-0.15, -0.1) is 10.2 Å². The van der Waals surface area contributed by atoms with E-state index < -0.39 is 150 Å². The summed E-state index contributed by atoms with van der Waals surface area (Å²) in [5.41, 5.74) is 19.6. The first-order chi connectivity index (χ1) is 59.3. The van der Waals surface area contributed by atoms with Crippen LogP contribution in [-0.2, 0) is 94.4 Å². The van der Waals surface area contributed by atoms with E-state index in [2.05, 4.69) is 110 Å². The van der Waals surface area contributed by atoms with Gasteiger partial charge < -0.3 is 102 Å². The molecule has 13 amide bonds. The van der Waals surface area contributed by atoms with E-state index in [1.165, 1.54) is 67.5 Å². The number of anilines is 6. The first-order valence-corrected chi connectivity index (χ1v) is 41.1. The van der Waals surface area contributed by atoms with Crippen molar-refractivity contribution in [1.82, 2.24) is 93.4 Å². The molecule has 10 atom stereocenters. The molecule has 1 aliphatic heterocycles. The third-order valence-electron chi connectivity index (χ3n) is 20.1. The predicted molar refractivity (Wildman–Crippen MR) is 463 cm³/mol. The number of primary amides is 1. The molecular formula is C84H108ClN25O14. The third-order valence-corrected chi connectivity index (χ3v) is 20.3. The lowest BCUT2D eigenvalue weighted by molar-refractivity contribution is -0.142. The summed E-state index contributed by atoms with van der Waals surface area (Å²) in [5.74, 6) is -10.3. The van der Waals surface area contributed by atoms with E-state index in [-0.39, 0.29) is 106 Å². The van der Waals surface area contributed by atoms with Crippen LogP contribution >= 0.6 is 11.6 Å². The highest BCUT2D eigenvalue weighted by Crippen LogP contribution is 2.24. The van der Waals surface area contributed by atoms with Crippen molar-refractivity contribution in [2.24, 2.45) is 11.7 Å². The largest absolute Gasteiger partial charge is 0.394 e. The van der Waals surface area contributed by atoms with Crippen molar-refractivity contribution in [2.45, 2.75) is 179 Å². The Bertz CT molecular complexity index is 5000. The number of nitrogens with two attached hydrogens (primary N) is 3. The Kier molecular flexibility index (Phi) is 35.2. The first kappa shape index (κ1) is 94.2. The molecule has 0 unspecified atom stereocenters. The molecule has 1 aliphatic rings. The second-order valence-corrected chi connectivity index (χ2v) is 31.3. The lowest BCUT2D eigenvalue weighted by Crippen LogP contribution is -2.62. The van der Waals surface area contributed by atoms with Crippen molar-refractivity contribution in [2.75, 3.05) is 65.5 Å². The van der Waals surface area contributed by atoms with Crippen LogP contribution < -0.4 is 91.6 Å². The molecule has 1 saturated heterocycles. The zero-order chi connectivity index (χ0) is 89.5. The summed E-state index contributed by atoms with van der Waals surface area (Å²) in [4.78, 5) is 199. The highest BCUT2D eigenvalue weighted by Gasteiger charge is 2.41. The molecule has 0 spiro atoms. The molecule has 8 aromatic rings. The van der Waals surface area contributed by atoms with Gasteiger partial charge in [0, 0.05) is 80.4 Å². The van der Waals surface area contributed by atoms with Gasteiger partial charge in [-0.2, -0.15) is 9.97 Å². The highest BCUT2D eigenvalue weighted by atomic mass is 35.5. The van der Waals surface area contributed by atoms with Crippen molar-refractivity contribution < 1.29 is 67.4 Å². The fourth-order valence-electron chi connectivity index (χ4n) is 13.7. The fourth-order valence-corrected chi connectivity index (χ4v) is 13.8. The van der Waals surface area contributed by atoms with Gasteiger partial charge in [-0.25, -0.2) is 10.2 Å². The molecule has 23 N–H and O–H groups in total. The Morgan fingerprint density at radius 3 is 1.44 bits per heavy atom. The van der Waals surface area contributed by atoms with Crippen molar-refractivity contribution in [3.8, 4) is 0 Å². The van der Waals surface area contributed by atoms with Crippen molar-refractivity contribution >= 4 is 134 Å². The molecule has 124 heavy (non-hydrogen) atoms. The fraction of sp³-hybridized carbons (Fsp3) is 0.405. The quantitative estimate of drug-likeness (QED) is 0.0237. The molecule has 0 bridgehead atoms. The molecule has 0 saturated carbocycles. The number of aromatic amines is 2. The number of hydrogen-bond acceptors (Lipinski definition) is 24. The maximum absolute atomic E-state index is 15.6. The molecule has 0 aliphatic carbocycles. The Labute approximate surface area is 720 Å². The van der Waals surface area contributed by atoms with Crippen LogP contribution in [0.1, 0.15) is 108 Å². The zero-order valence-electron chi connectivity index (χ0n) is 69.6. The summed E-state index contributed by atoms with van der Waals surface area (Å²) in [7, 11) is 0. The number of unbranched alkanes of at least 4 members (excludes halogenated alkanes) is 1. The van der Waals surface area contributed by atoms with Gasteiger partial charge in [0.05, 0.1) is 19.7 Å². The van der Waals surface area contributed by atoms with Gasteiger partial charge in [-0.3, -0.25) is 67.3 Å². The Morgan fingerprint density at radius 1 is 0.516 bits per heavy atom. The summed E-state index contributed by atoms with van der Waals surface area (Å²) in [6.07, 6.45) is 3.48. The van der Waals surface area contributed by atoms with E-state index in [0.29, 0.717) is 64.3 Å². The number of amides is 13. The molecular weight excluding hydrogens is 1620 g/mol. The number of aliphatic hydroxyl groups is 1. The summed E-state index contributed by atoms with van der Waals surface area (Å²) in [5, 5.41) is 64.8. The number of carbonyl (C=O) groups is 13. The molecule has 39 nitrogen and oxygen atoms in total. The van der Waals surface area contributed by atoms with Gasteiger partial charge in [0.25, 0.3) is 0 Å². The van der Waals surface area contributed by atoms with Crippen LogP contribution in [0.25, 0.3) is 10.8 Å². The summed E-state index contributed by atoms with van der Waals surface area (Å²) >= 11 is 6.29. The number of pyridine rings is 1. The van der Waals surface area contributed by atoms with E-state index in [1.807, 2.05) is 56.3 Å². The van der Waals surface area contributed by atoms with Crippen LogP contribution in [0.15, 0.2) is 140 Å². The number of hydrogen-bond donors (Lipinski definition) is 20. The normalized spacial score (nSPS) is 14.6. The first-order valence-electron chi connectivity index (χ1n) is 40.7. The summed E-state index contributed by atoms with van der Waals surface area (Å²) in [6, 6.07) is 20.9. The van der Waals surface area contributed by atoms with Crippen molar-refractivity contribution in [1.29, 1.82) is 0 Å². The monoisotopic (exact) mass is 1730 g/mol. The van der Waals surface area contributed by atoms with E-state index in [1.54, 1.807) is 62.4 Å². The topological polar surface area (TPSA) is 588 Å². The SMILES string of the molecule is CC(=O)N[C@H](Cc1ccc2ccccc2c1)C(=O)N[C@H](Cc1ccc(Cl)cc1)C(=O)N[C@H](Cc1cccnc1)C(=O)N[C@@H](CO)C(=O)N[C@@H](Cc1ccc(NC(=O)CNc2nc(N)n[nH]2)cc1)C(=O)N[C@H](Cc1ccc(NC(=O)CNc2nc(N)n[nH]2)cc1)C(=O)N[C@@H](CC(C)C)C(=O)N[C@@H](CCCCNC(C)C)C(=O)N1CCC[C@H]1C(=O)N[C@H](C)C(N)=O. The van der Waals surface area contributed by atoms with Crippen LogP contribution in [0.2, 0.25) is 5.02 Å². The average molecular weight is 1730 g/mol. The van der Waals surface area contributed by atoms with Gasteiger partial charge in [-0.1, -0.05) is 124 Å². The van der Waals surface area contributed by atoms with Gasteiger partial charge in [0.15, 0.2) is 0 Å². The number of rotatable bonds is 46.